The molecule has 0 bridgehead atoms. The summed E-state index contributed by atoms with van der Waals surface area (Å²) in [4.78, 5) is 15.9. The van der Waals surface area contributed by atoms with Crippen molar-refractivity contribution >= 4 is 22.5 Å². The van der Waals surface area contributed by atoms with Crippen LogP contribution in [0.5, 0.6) is 0 Å². The molecule has 0 amide bonds. The van der Waals surface area contributed by atoms with Crippen molar-refractivity contribution in [3.05, 3.63) is 39.9 Å². The molecular formula is C10H9ClN2O. The van der Waals surface area contributed by atoms with Crippen LogP contribution in [0.15, 0.2) is 29.3 Å². The number of hydrogen-bond donors (Lipinski definition) is 0. The summed E-state index contributed by atoms with van der Waals surface area (Å²) < 4.78 is 1.55. The average Bonchev–Trinajstić information content (AvgIpc) is 2.20. The van der Waals surface area contributed by atoms with Crippen molar-refractivity contribution in [2.45, 2.75) is 13.5 Å². The highest BCUT2D eigenvalue weighted by atomic mass is 35.5. The van der Waals surface area contributed by atoms with Crippen LogP contribution in [-0.2, 0) is 6.54 Å². The van der Waals surface area contributed by atoms with Gasteiger partial charge in [0.15, 0.2) is 0 Å². The van der Waals surface area contributed by atoms with Gasteiger partial charge in [-0.15, -0.1) is 0 Å². The molecule has 0 aliphatic heterocycles. The maximum atomic E-state index is 11.8. The summed E-state index contributed by atoms with van der Waals surface area (Å²) in [5, 5.41) is 1.09. The molecule has 0 unspecified atom stereocenters. The molecule has 1 aromatic carbocycles. The first kappa shape index (κ1) is 9.21. The number of fused-ring (bicyclic) bond motifs is 1. The van der Waals surface area contributed by atoms with E-state index in [1.807, 2.05) is 6.92 Å². The fraction of sp³-hybridized carbons (Fsp3) is 0.200. The molecule has 0 fully saturated rings. The third-order valence-corrected chi connectivity index (χ3v) is 2.45. The van der Waals surface area contributed by atoms with Crippen molar-refractivity contribution in [1.29, 1.82) is 0 Å². The maximum Gasteiger partial charge on any atom is 0.261 e. The summed E-state index contributed by atoms with van der Waals surface area (Å²) >= 11 is 5.91. The van der Waals surface area contributed by atoms with Crippen LogP contribution in [0.4, 0.5) is 0 Å². The highest BCUT2D eigenvalue weighted by Gasteiger charge is 2.04. The van der Waals surface area contributed by atoms with E-state index in [1.54, 1.807) is 22.8 Å². The van der Waals surface area contributed by atoms with Gasteiger partial charge in [-0.1, -0.05) is 17.7 Å². The molecule has 0 aliphatic rings. The normalized spacial score (nSPS) is 10.7. The summed E-state index contributed by atoms with van der Waals surface area (Å²) in [6.07, 6.45) is 1.52. The molecular weight excluding hydrogens is 200 g/mol. The van der Waals surface area contributed by atoms with Crippen molar-refractivity contribution in [3.63, 3.8) is 0 Å². The van der Waals surface area contributed by atoms with Crippen LogP contribution >= 0.6 is 11.6 Å². The number of aryl methyl sites for hydroxylation is 1. The van der Waals surface area contributed by atoms with Crippen molar-refractivity contribution in [2.75, 3.05) is 0 Å². The Balaban J connectivity index is 2.91. The summed E-state index contributed by atoms with van der Waals surface area (Å²) in [6.45, 7) is 2.52. The summed E-state index contributed by atoms with van der Waals surface area (Å²) in [5.41, 5.74) is 0.531. The molecule has 3 nitrogen and oxygen atoms in total. The standard InChI is InChI=1S/C10H9ClN2O/c1-2-13-6-12-9-7(10(13)14)4-3-5-8(9)11/h3-6H,2H2,1H3. The van der Waals surface area contributed by atoms with Crippen LogP contribution < -0.4 is 5.56 Å². The summed E-state index contributed by atoms with van der Waals surface area (Å²) in [6, 6.07) is 5.23. The molecule has 0 aliphatic carbocycles. The Morgan fingerprint density at radius 2 is 2.29 bits per heavy atom. The number of hydrogen-bond acceptors (Lipinski definition) is 2. The second-order valence-corrected chi connectivity index (χ2v) is 3.38. The molecule has 0 atom stereocenters. The number of nitrogens with zero attached hydrogens (tertiary/aromatic N) is 2. The Bertz CT molecular complexity index is 533. The zero-order valence-corrected chi connectivity index (χ0v) is 8.45. The van der Waals surface area contributed by atoms with Crippen molar-refractivity contribution in [3.8, 4) is 0 Å². The van der Waals surface area contributed by atoms with Gasteiger partial charge in [-0.3, -0.25) is 9.36 Å². The van der Waals surface area contributed by atoms with Crippen LogP contribution in [0.2, 0.25) is 5.02 Å². The van der Waals surface area contributed by atoms with E-state index in [4.69, 9.17) is 11.6 Å². The first-order valence-corrected chi connectivity index (χ1v) is 4.75. The first-order valence-electron chi connectivity index (χ1n) is 4.37. The van der Waals surface area contributed by atoms with Gasteiger partial charge >= 0.3 is 0 Å². The minimum absolute atomic E-state index is 0.0417. The molecule has 0 N–H and O–H groups in total. The molecule has 72 valence electrons. The van der Waals surface area contributed by atoms with Gasteiger partial charge in [-0.25, -0.2) is 4.98 Å². The minimum Gasteiger partial charge on any atom is -0.299 e. The molecule has 2 rings (SSSR count). The lowest BCUT2D eigenvalue weighted by Crippen LogP contribution is -2.19. The number of benzene rings is 1. The minimum atomic E-state index is -0.0417. The van der Waals surface area contributed by atoms with Gasteiger partial charge in [0.25, 0.3) is 5.56 Å². The lowest BCUT2D eigenvalue weighted by molar-refractivity contribution is 0.717. The van der Waals surface area contributed by atoms with E-state index in [2.05, 4.69) is 4.98 Å². The van der Waals surface area contributed by atoms with Crippen LogP contribution in [0.3, 0.4) is 0 Å². The smallest absolute Gasteiger partial charge is 0.261 e. The predicted molar refractivity (Wildman–Crippen MR) is 56.7 cm³/mol. The van der Waals surface area contributed by atoms with E-state index in [-0.39, 0.29) is 5.56 Å². The SMILES string of the molecule is CCn1cnc2c(Cl)cccc2c1=O. The van der Waals surface area contributed by atoms with E-state index in [0.29, 0.717) is 22.5 Å². The van der Waals surface area contributed by atoms with E-state index in [9.17, 15) is 4.79 Å². The summed E-state index contributed by atoms with van der Waals surface area (Å²) in [5.74, 6) is 0. The van der Waals surface area contributed by atoms with Gasteiger partial charge in [0.05, 0.1) is 22.3 Å². The van der Waals surface area contributed by atoms with Crippen molar-refractivity contribution in [2.24, 2.45) is 0 Å². The molecule has 0 radical (unpaired) electrons. The number of para-hydroxylation sites is 1. The fourth-order valence-corrected chi connectivity index (χ4v) is 1.60. The number of aromatic nitrogens is 2. The van der Waals surface area contributed by atoms with E-state index >= 15 is 0 Å². The molecule has 1 heterocycles. The fourth-order valence-electron chi connectivity index (χ4n) is 1.38. The maximum absolute atomic E-state index is 11.8. The number of halogens is 1. The lowest BCUT2D eigenvalue weighted by Gasteiger charge is -2.03. The van der Waals surface area contributed by atoms with Crippen LogP contribution in [-0.4, -0.2) is 9.55 Å². The molecule has 0 saturated heterocycles. The third kappa shape index (κ3) is 1.30. The average molecular weight is 209 g/mol. The van der Waals surface area contributed by atoms with Crippen LogP contribution in [0, 0.1) is 0 Å². The summed E-state index contributed by atoms with van der Waals surface area (Å²) in [7, 11) is 0. The Kier molecular flexibility index (Phi) is 2.25. The number of rotatable bonds is 1. The van der Waals surface area contributed by atoms with E-state index in [1.165, 1.54) is 6.33 Å². The largest absolute Gasteiger partial charge is 0.299 e. The van der Waals surface area contributed by atoms with Gasteiger partial charge in [-0.2, -0.15) is 0 Å². The van der Waals surface area contributed by atoms with Gasteiger partial charge in [0, 0.05) is 6.54 Å². The Labute approximate surface area is 86.0 Å². The Morgan fingerprint density at radius 1 is 1.50 bits per heavy atom. The predicted octanol–water partition coefficient (Wildman–Crippen LogP) is 2.07. The van der Waals surface area contributed by atoms with Crippen LogP contribution in [0.1, 0.15) is 6.92 Å². The Morgan fingerprint density at radius 3 is 3.00 bits per heavy atom. The monoisotopic (exact) mass is 208 g/mol. The van der Waals surface area contributed by atoms with E-state index < -0.39 is 0 Å². The van der Waals surface area contributed by atoms with Gasteiger partial charge < -0.3 is 0 Å². The second-order valence-electron chi connectivity index (χ2n) is 2.97. The Hall–Kier alpha value is -1.35. The molecule has 0 spiro atoms. The first-order chi connectivity index (χ1) is 6.74. The lowest BCUT2D eigenvalue weighted by atomic mass is 10.2. The van der Waals surface area contributed by atoms with Gasteiger partial charge in [0.2, 0.25) is 0 Å². The highest BCUT2D eigenvalue weighted by molar-refractivity contribution is 6.34. The van der Waals surface area contributed by atoms with Gasteiger partial charge in [-0.05, 0) is 19.1 Å². The van der Waals surface area contributed by atoms with E-state index in [0.717, 1.165) is 0 Å². The molecule has 0 saturated carbocycles. The third-order valence-electron chi connectivity index (χ3n) is 2.14. The molecule has 1 aromatic heterocycles. The highest BCUT2D eigenvalue weighted by Crippen LogP contribution is 2.17. The molecule has 2 aromatic rings. The molecule has 4 heteroatoms. The zero-order valence-electron chi connectivity index (χ0n) is 7.70. The van der Waals surface area contributed by atoms with Gasteiger partial charge in [0.1, 0.15) is 0 Å². The van der Waals surface area contributed by atoms with Crippen molar-refractivity contribution < 1.29 is 0 Å². The van der Waals surface area contributed by atoms with Crippen LogP contribution in [0.25, 0.3) is 10.9 Å². The quantitative estimate of drug-likeness (QED) is 0.719. The zero-order chi connectivity index (χ0) is 10.1. The van der Waals surface area contributed by atoms with Crippen molar-refractivity contribution in [1.82, 2.24) is 9.55 Å². The second kappa shape index (κ2) is 3.42. The topological polar surface area (TPSA) is 34.9 Å². The molecule has 14 heavy (non-hydrogen) atoms.